The van der Waals surface area contributed by atoms with Crippen LogP contribution in [-0.4, -0.2) is 60.9 Å². The molecule has 3 rings (SSSR count). The number of hydrogen-bond acceptors (Lipinski definition) is 5. The van der Waals surface area contributed by atoms with Gasteiger partial charge in [0, 0.05) is 24.4 Å². The second-order valence-electron chi connectivity index (χ2n) is 8.94. The number of aliphatic carboxylic acids is 1. The highest BCUT2D eigenvalue weighted by Gasteiger charge is 2.25. The normalized spacial score (nSPS) is 17.6. The summed E-state index contributed by atoms with van der Waals surface area (Å²) in [6.07, 6.45) is 3.21. The van der Waals surface area contributed by atoms with Crippen LogP contribution in [-0.2, 0) is 21.2 Å². The van der Waals surface area contributed by atoms with E-state index in [-0.39, 0.29) is 12.2 Å². The van der Waals surface area contributed by atoms with Gasteiger partial charge in [0.05, 0.1) is 5.75 Å². The predicted molar refractivity (Wildman–Crippen MR) is 129 cm³/mol. The Morgan fingerprint density at radius 1 is 1.18 bits per heavy atom. The lowest BCUT2D eigenvalue weighted by atomic mass is 9.93. The standard InChI is InChI=1S/C25H32N2O5S/c1-17-7-4-5-9-20(17)22-15-19(16-27-13-6-8-18(27)2)10-11-21(22)24(28)26-23(25(29)30)12-14-33(3,31)32/h4-5,7,9-11,15,18,23H,6,8,12-14,16H2,1-3H3,(H,26,28)(H,29,30). The van der Waals surface area contributed by atoms with E-state index in [1.807, 2.05) is 43.3 Å². The fraction of sp³-hybridized carbons (Fsp3) is 0.440. The first kappa shape index (κ1) is 24.9. The van der Waals surface area contributed by atoms with Gasteiger partial charge in [-0.3, -0.25) is 9.69 Å². The maximum Gasteiger partial charge on any atom is 0.326 e. The third-order valence-electron chi connectivity index (χ3n) is 6.22. The summed E-state index contributed by atoms with van der Waals surface area (Å²) in [5, 5.41) is 12.0. The summed E-state index contributed by atoms with van der Waals surface area (Å²) in [4.78, 5) is 27.2. The average molecular weight is 473 g/mol. The zero-order valence-corrected chi connectivity index (χ0v) is 20.2. The molecule has 178 valence electrons. The van der Waals surface area contributed by atoms with Gasteiger partial charge in [0.15, 0.2) is 0 Å². The van der Waals surface area contributed by atoms with E-state index < -0.39 is 27.8 Å². The van der Waals surface area contributed by atoms with Crippen molar-refractivity contribution in [3.8, 4) is 11.1 Å². The molecule has 0 radical (unpaired) electrons. The number of amides is 1. The summed E-state index contributed by atoms with van der Waals surface area (Å²) in [5.74, 6) is -2.11. The fourth-order valence-electron chi connectivity index (χ4n) is 4.27. The number of sulfone groups is 1. The molecule has 2 N–H and O–H groups in total. The summed E-state index contributed by atoms with van der Waals surface area (Å²) in [6, 6.07) is 12.6. The SMILES string of the molecule is Cc1ccccc1-c1cc(CN2CCCC2C)ccc1C(=O)NC(CCS(C)(=O)=O)C(=O)O. The number of rotatable bonds is 9. The van der Waals surface area contributed by atoms with E-state index in [0.29, 0.717) is 11.6 Å². The van der Waals surface area contributed by atoms with E-state index in [9.17, 15) is 23.1 Å². The lowest BCUT2D eigenvalue weighted by Gasteiger charge is -2.22. The highest BCUT2D eigenvalue weighted by atomic mass is 32.2. The van der Waals surface area contributed by atoms with Crippen LogP contribution in [0.3, 0.4) is 0 Å². The van der Waals surface area contributed by atoms with Crippen LogP contribution in [0.25, 0.3) is 11.1 Å². The minimum atomic E-state index is -3.35. The van der Waals surface area contributed by atoms with Gasteiger partial charge >= 0.3 is 5.97 Å². The van der Waals surface area contributed by atoms with Crippen molar-refractivity contribution in [3.63, 3.8) is 0 Å². The number of carbonyl (C=O) groups excluding carboxylic acids is 1. The Bertz CT molecular complexity index is 1130. The molecule has 1 aliphatic heterocycles. The number of carbonyl (C=O) groups is 2. The lowest BCUT2D eigenvalue weighted by molar-refractivity contribution is -0.139. The number of hydrogen-bond donors (Lipinski definition) is 2. The molecule has 8 heteroatoms. The molecule has 1 aliphatic rings. The molecule has 33 heavy (non-hydrogen) atoms. The van der Waals surface area contributed by atoms with Crippen molar-refractivity contribution < 1.29 is 23.1 Å². The maximum absolute atomic E-state index is 13.2. The average Bonchev–Trinajstić information content (AvgIpc) is 3.14. The van der Waals surface area contributed by atoms with Crippen molar-refractivity contribution in [2.45, 2.75) is 51.7 Å². The first-order valence-electron chi connectivity index (χ1n) is 11.2. The molecule has 1 fully saturated rings. The van der Waals surface area contributed by atoms with Gasteiger partial charge < -0.3 is 10.4 Å². The van der Waals surface area contributed by atoms with Crippen LogP contribution in [0, 0.1) is 6.92 Å². The van der Waals surface area contributed by atoms with Gasteiger partial charge in [-0.25, -0.2) is 13.2 Å². The van der Waals surface area contributed by atoms with E-state index in [0.717, 1.165) is 41.6 Å². The number of carboxylic acid groups (broad SMARTS) is 1. The molecule has 1 amide bonds. The molecule has 2 aromatic carbocycles. The number of benzene rings is 2. The smallest absolute Gasteiger partial charge is 0.326 e. The summed E-state index contributed by atoms with van der Waals surface area (Å²) in [5.41, 5.74) is 4.10. The predicted octanol–water partition coefficient (Wildman–Crippen LogP) is 3.26. The van der Waals surface area contributed by atoms with Crippen molar-refractivity contribution in [3.05, 3.63) is 59.2 Å². The number of carboxylic acids is 1. The van der Waals surface area contributed by atoms with E-state index in [1.165, 1.54) is 12.8 Å². The molecular weight excluding hydrogens is 440 g/mol. The molecule has 2 atom stereocenters. The van der Waals surface area contributed by atoms with Gasteiger partial charge in [-0.05, 0) is 74.0 Å². The van der Waals surface area contributed by atoms with Gasteiger partial charge in [0.2, 0.25) is 0 Å². The van der Waals surface area contributed by atoms with E-state index in [1.54, 1.807) is 6.07 Å². The van der Waals surface area contributed by atoms with Crippen LogP contribution in [0.15, 0.2) is 42.5 Å². The van der Waals surface area contributed by atoms with E-state index >= 15 is 0 Å². The van der Waals surface area contributed by atoms with Crippen LogP contribution in [0.4, 0.5) is 0 Å². The number of nitrogens with zero attached hydrogens (tertiary/aromatic N) is 1. The molecule has 1 heterocycles. The van der Waals surface area contributed by atoms with E-state index in [2.05, 4.69) is 17.1 Å². The second kappa shape index (κ2) is 10.5. The Kier molecular flexibility index (Phi) is 7.92. The van der Waals surface area contributed by atoms with Gasteiger partial charge in [-0.1, -0.05) is 30.3 Å². The van der Waals surface area contributed by atoms with E-state index in [4.69, 9.17) is 0 Å². The largest absolute Gasteiger partial charge is 0.480 e. The summed E-state index contributed by atoms with van der Waals surface area (Å²) in [6.45, 7) is 6.02. The number of likely N-dealkylation sites (tertiary alicyclic amines) is 1. The zero-order valence-electron chi connectivity index (χ0n) is 19.4. The minimum Gasteiger partial charge on any atom is -0.480 e. The van der Waals surface area contributed by atoms with Gasteiger partial charge in [0.1, 0.15) is 15.9 Å². The highest BCUT2D eigenvalue weighted by Crippen LogP contribution is 2.29. The van der Waals surface area contributed by atoms with Crippen molar-refractivity contribution in [1.29, 1.82) is 0 Å². The van der Waals surface area contributed by atoms with Crippen LogP contribution < -0.4 is 5.32 Å². The molecule has 0 spiro atoms. The third kappa shape index (κ3) is 6.65. The first-order chi connectivity index (χ1) is 15.5. The highest BCUT2D eigenvalue weighted by molar-refractivity contribution is 7.90. The monoisotopic (exact) mass is 472 g/mol. The fourth-order valence-corrected chi connectivity index (χ4v) is 4.94. The minimum absolute atomic E-state index is 0.190. The molecule has 2 aromatic rings. The van der Waals surface area contributed by atoms with Crippen molar-refractivity contribution in [2.24, 2.45) is 0 Å². The van der Waals surface area contributed by atoms with Crippen LogP contribution in [0.5, 0.6) is 0 Å². The topological polar surface area (TPSA) is 104 Å². The molecule has 2 unspecified atom stereocenters. The molecule has 0 aromatic heterocycles. The molecule has 7 nitrogen and oxygen atoms in total. The van der Waals surface area contributed by atoms with Crippen molar-refractivity contribution in [1.82, 2.24) is 10.2 Å². The Hall–Kier alpha value is -2.71. The Labute approximate surface area is 195 Å². The Balaban J connectivity index is 1.93. The van der Waals surface area contributed by atoms with Crippen LogP contribution >= 0.6 is 0 Å². The molecular formula is C25H32N2O5S. The van der Waals surface area contributed by atoms with Crippen LogP contribution in [0.1, 0.15) is 47.7 Å². The van der Waals surface area contributed by atoms with Crippen molar-refractivity contribution >= 4 is 21.7 Å². The summed E-state index contributed by atoms with van der Waals surface area (Å²) < 4.78 is 23.0. The second-order valence-corrected chi connectivity index (χ2v) is 11.2. The van der Waals surface area contributed by atoms with Crippen molar-refractivity contribution in [2.75, 3.05) is 18.6 Å². The summed E-state index contributed by atoms with van der Waals surface area (Å²) in [7, 11) is -3.35. The van der Waals surface area contributed by atoms with Gasteiger partial charge in [-0.2, -0.15) is 0 Å². The summed E-state index contributed by atoms with van der Waals surface area (Å²) >= 11 is 0. The van der Waals surface area contributed by atoms with Crippen LogP contribution in [0.2, 0.25) is 0 Å². The number of aryl methyl sites for hydroxylation is 1. The van der Waals surface area contributed by atoms with Gasteiger partial charge in [-0.15, -0.1) is 0 Å². The zero-order chi connectivity index (χ0) is 24.2. The molecule has 0 bridgehead atoms. The Morgan fingerprint density at radius 2 is 1.91 bits per heavy atom. The molecule has 0 aliphatic carbocycles. The quantitative estimate of drug-likeness (QED) is 0.581. The van der Waals surface area contributed by atoms with Gasteiger partial charge in [0.25, 0.3) is 5.91 Å². The lowest BCUT2D eigenvalue weighted by Crippen LogP contribution is -2.42. The third-order valence-corrected chi connectivity index (χ3v) is 7.20. The molecule has 0 saturated carbocycles. The first-order valence-corrected chi connectivity index (χ1v) is 13.3. The maximum atomic E-state index is 13.2. The Morgan fingerprint density at radius 3 is 2.52 bits per heavy atom. The number of nitrogens with one attached hydrogen (secondary N) is 1. The molecule has 1 saturated heterocycles.